The van der Waals surface area contributed by atoms with Gasteiger partial charge in [-0.05, 0) is 46.1 Å². The minimum Gasteiger partial charge on any atom is -0.271 e. The zero-order chi connectivity index (χ0) is 14.8. The highest BCUT2D eigenvalue weighted by Gasteiger charge is 2.18. The molecule has 3 rings (SSSR count). The van der Waals surface area contributed by atoms with Gasteiger partial charge in [-0.3, -0.25) is 10.8 Å². The summed E-state index contributed by atoms with van der Waals surface area (Å²) >= 11 is 3.60. The summed E-state index contributed by atoms with van der Waals surface area (Å²) in [5, 5.41) is 1.09. The Hall–Kier alpha value is -1.82. The van der Waals surface area contributed by atoms with Crippen molar-refractivity contribution in [3.8, 4) is 0 Å². The number of fused-ring (bicyclic) bond motifs is 1. The van der Waals surface area contributed by atoms with Gasteiger partial charge < -0.3 is 0 Å². The van der Waals surface area contributed by atoms with E-state index < -0.39 is 0 Å². The van der Waals surface area contributed by atoms with E-state index in [1.807, 2.05) is 37.4 Å². The number of rotatable bonds is 3. The molecule has 3 aromatic rings. The molecule has 2 aromatic heterocycles. The third-order valence-electron chi connectivity index (χ3n) is 3.37. The Kier molecular flexibility index (Phi) is 3.96. The summed E-state index contributed by atoms with van der Waals surface area (Å²) < 4.78 is 0.922. The van der Waals surface area contributed by atoms with Crippen LogP contribution in [-0.2, 0) is 0 Å². The van der Waals surface area contributed by atoms with Crippen LogP contribution in [0.2, 0.25) is 0 Å². The molecule has 1 unspecified atom stereocenters. The molecule has 4 nitrogen and oxygen atoms in total. The van der Waals surface area contributed by atoms with Crippen LogP contribution >= 0.6 is 15.9 Å². The van der Waals surface area contributed by atoms with Crippen LogP contribution in [0.1, 0.15) is 22.9 Å². The van der Waals surface area contributed by atoms with E-state index in [1.54, 1.807) is 6.20 Å². The highest BCUT2D eigenvalue weighted by atomic mass is 79.9. The number of hydrazine groups is 1. The number of aryl methyl sites for hydroxylation is 1. The Morgan fingerprint density at radius 2 is 2.00 bits per heavy atom. The average Bonchev–Trinajstić information content (AvgIpc) is 2.48. The summed E-state index contributed by atoms with van der Waals surface area (Å²) in [6.45, 7) is 2.01. The van der Waals surface area contributed by atoms with E-state index in [-0.39, 0.29) is 6.04 Å². The van der Waals surface area contributed by atoms with Crippen molar-refractivity contribution in [3.63, 3.8) is 0 Å². The van der Waals surface area contributed by atoms with E-state index in [9.17, 15) is 0 Å². The third kappa shape index (κ3) is 2.81. The van der Waals surface area contributed by atoms with Crippen molar-refractivity contribution in [1.82, 2.24) is 15.4 Å². The van der Waals surface area contributed by atoms with Crippen LogP contribution < -0.4 is 11.3 Å². The van der Waals surface area contributed by atoms with Gasteiger partial charge in [-0.2, -0.15) is 0 Å². The first kappa shape index (κ1) is 14.1. The molecule has 0 amide bonds. The first-order valence-electron chi connectivity index (χ1n) is 6.62. The lowest BCUT2D eigenvalue weighted by Crippen LogP contribution is -2.30. The molecule has 1 aromatic carbocycles. The molecule has 3 N–H and O–H groups in total. The van der Waals surface area contributed by atoms with Gasteiger partial charge in [0.15, 0.2) is 0 Å². The summed E-state index contributed by atoms with van der Waals surface area (Å²) in [7, 11) is 0. The second-order valence-electron chi connectivity index (χ2n) is 4.94. The zero-order valence-electron chi connectivity index (χ0n) is 11.5. The summed E-state index contributed by atoms with van der Waals surface area (Å²) in [5.74, 6) is 5.76. The highest BCUT2D eigenvalue weighted by molar-refractivity contribution is 9.10. The predicted octanol–water partition coefficient (Wildman–Crippen LogP) is 3.25. The topological polar surface area (TPSA) is 63.8 Å². The molecular weight excluding hydrogens is 328 g/mol. The monoisotopic (exact) mass is 342 g/mol. The molecule has 21 heavy (non-hydrogen) atoms. The Morgan fingerprint density at radius 3 is 2.76 bits per heavy atom. The number of hydrogen-bond donors (Lipinski definition) is 2. The van der Waals surface area contributed by atoms with Crippen LogP contribution in [0.3, 0.4) is 0 Å². The minimum absolute atomic E-state index is 0.212. The number of aromatic nitrogens is 2. The first-order valence-corrected chi connectivity index (χ1v) is 7.41. The van der Waals surface area contributed by atoms with Crippen LogP contribution in [0.5, 0.6) is 0 Å². The lowest BCUT2D eigenvalue weighted by molar-refractivity contribution is 0.617. The lowest BCUT2D eigenvalue weighted by atomic mass is 10.0. The van der Waals surface area contributed by atoms with Gasteiger partial charge in [-0.15, -0.1) is 0 Å². The quantitative estimate of drug-likeness (QED) is 0.566. The number of nitrogens with one attached hydrogen (secondary N) is 1. The number of hydrogen-bond acceptors (Lipinski definition) is 4. The smallest absolute Gasteiger partial charge is 0.0908 e. The SMILES string of the molecule is Cc1cncc(C(NN)c2nc3ccccc3cc2Br)c1. The van der Waals surface area contributed by atoms with Gasteiger partial charge >= 0.3 is 0 Å². The van der Waals surface area contributed by atoms with Crippen molar-refractivity contribution < 1.29 is 0 Å². The van der Waals surface area contributed by atoms with E-state index in [0.29, 0.717) is 0 Å². The van der Waals surface area contributed by atoms with Crippen molar-refractivity contribution in [3.05, 3.63) is 70.1 Å². The van der Waals surface area contributed by atoms with Crippen molar-refractivity contribution in [2.45, 2.75) is 13.0 Å². The average molecular weight is 343 g/mol. The summed E-state index contributed by atoms with van der Waals surface area (Å²) in [5.41, 5.74) is 6.70. The number of pyridine rings is 2. The van der Waals surface area contributed by atoms with Crippen LogP contribution in [0, 0.1) is 6.92 Å². The van der Waals surface area contributed by atoms with E-state index in [2.05, 4.69) is 38.5 Å². The number of nitrogens with two attached hydrogens (primary N) is 1. The van der Waals surface area contributed by atoms with Gasteiger partial charge in [0.2, 0.25) is 0 Å². The molecule has 0 radical (unpaired) electrons. The lowest BCUT2D eigenvalue weighted by Gasteiger charge is -2.18. The van der Waals surface area contributed by atoms with Gasteiger partial charge in [0.1, 0.15) is 0 Å². The van der Waals surface area contributed by atoms with Gasteiger partial charge in [-0.25, -0.2) is 10.4 Å². The molecule has 0 aliphatic carbocycles. The molecule has 2 heterocycles. The van der Waals surface area contributed by atoms with Crippen molar-refractivity contribution in [2.75, 3.05) is 0 Å². The fourth-order valence-corrected chi connectivity index (χ4v) is 2.94. The van der Waals surface area contributed by atoms with Crippen molar-refractivity contribution in [1.29, 1.82) is 0 Å². The fraction of sp³-hybridized carbons (Fsp3) is 0.125. The van der Waals surface area contributed by atoms with Crippen LogP contribution in [-0.4, -0.2) is 9.97 Å². The Bertz CT molecular complexity index is 788. The fourth-order valence-electron chi connectivity index (χ4n) is 2.38. The van der Waals surface area contributed by atoms with Gasteiger partial charge in [0.05, 0.1) is 17.3 Å². The maximum atomic E-state index is 5.76. The summed E-state index contributed by atoms with van der Waals surface area (Å²) in [4.78, 5) is 8.97. The molecule has 0 saturated heterocycles. The van der Waals surface area contributed by atoms with Crippen molar-refractivity contribution in [2.24, 2.45) is 5.84 Å². The van der Waals surface area contributed by atoms with Gasteiger partial charge in [0.25, 0.3) is 0 Å². The number of nitrogens with zero attached hydrogens (tertiary/aromatic N) is 2. The largest absolute Gasteiger partial charge is 0.271 e. The second kappa shape index (κ2) is 5.89. The maximum Gasteiger partial charge on any atom is 0.0908 e. The molecule has 0 spiro atoms. The molecule has 0 bridgehead atoms. The number of benzene rings is 1. The standard InChI is InChI=1S/C16H15BrN4/c1-10-6-12(9-19-8-10)15(21-18)16-13(17)7-11-4-2-3-5-14(11)20-16/h2-9,15,21H,18H2,1H3. The minimum atomic E-state index is -0.212. The Morgan fingerprint density at radius 1 is 1.19 bits per heavy atom. The maximum absolute atomic E-state index is 5.76. The summed E-state index contributed by atoms with van der Waals surface area (Å²) in [6.07, 6.45) is 3.63. The molecule has 106 valence electrons. The van der Waals surface area contributed by atoms with Crippen LogP contribution in [0.25, 0.3) is 10.9 Å². The Balaban J connectivity index is 2.14. The molecule has 0 fully saturated rings. The Labute approximate surface area is 131 Å². The van der Waals surface area contributed by atoms with Crippen LogP contribution in [0.4, 0.5) is 0 Å². The molecule has 0 aliphatic rings. The van der Waals surface area contributed by atoms with E-state index in [4.69, 9.17) is 10.8 Å². The third-order valence-corrected chi connectivity index (χ3v) is 4.01. The normalized spacial score (nSPS) is 12.5. The molecule has 0 saturated carbocycles. The van der Waals surface area contributed by atoms with E-state index >= 15 is 0 Å². The summed E-state index contributed by atoms with van der Waals surface area (Å²) in [6, 6.07) is 11.9. The van der Waals surface area contributed by atoms with Gasteiger partial charge in [-0.1, -0.05) is 24.3 Å². The van der Waals surface area contributed by atoms with Crippen LogP contribution in [0.15, 0.2) is 53.3 Å². The molecule has 5 heteroatoms. The van der Waals surface area contributed by atoms with E-state index in [0.717, 1.165) is 32.2 Å². The highest BCUT2D eigenvalue weighted by Crippen LogP contribution is 2.29. The molecule has 1 atom stereocenters. The van der Waals surface area contributed by atoms with Crippen molar-refractivity contribution >= 4 is 26.8 Å². The zero-order valence-corrected chi connectivity index (χ0v) is 13.1. The predicted molar refractivity (Wildman–Crippen MR) is 87.6 cm³/mol. The number of para-hydroxylation sites is 1. The van der Waals surface area contributed by atoms with E-state index in [1.165, 1.54) is 0 Å². The first-order chi connectivity index (χ1) is 10.2. The second-order valence-corrected chi connectivity index (χ2v) is 5.80. The molecule has 0 aliphatic heterocycles. The van der Waals surface area contributed by atoms with Gasteiger partial charge in [0, 0.05) is 22.3 Å². The molecular formula is C16H15BrN4. The number of halogens is 1.